The second kappa shape index (κ2) is 4.41. The van der Waals surface area contributed by atoms with Gasteiger partial charge >= 0.3 is 6.61 Å². The first-order valence-electron chi connectivity index (χ1n) is 3.33. The molecule has 13 heavy (non-hydrogen) atoms. The van der Waals surface area contributed by atoms with Crippen LogP contribution in [0.2, 0.25) is 0 Å². The highest BCUT2D eigenvalue weighted by molar-refractivity contribution is 9.10. The molecule has 0 saturated carbocycles. The first-order valence-corrected chi connectivity index (χ1v) is 4.13. The van der Waals surface area contributed by atoms with Gasteiger partial charge in [-0.2, -0.15) is 8.78 Å². The van der Waals surface area contributed by atoms with Gasteiger partial charge in [0.1, 0.15) is 0 Å². The maximum atomic E-state index is 11.9. The Labute approximate surface area is 82.6 Å². The molecule has 0 aromatic heterocycles. The van der Waals surface area contributed by atoms with E-state index in [0.29, 0.717) is 4.47 Å². The van der Waals surface area contributed by atoms with E-state index in [-0.39, 0.29) is 11.5 Å². The lowest BCUT2D eigenvalue weighted by molar-refractivity contribution is -0.0512. The minimum Gasteiger partial charge on any atom is -0.493 e. The minimum atomic E-state index is -2.86. The highest BCUT2D eigenvalue weighted by Crippen LogP contribution is 2.30. The summed E-state index contributed by atoms with van der Waals surface area (Å²) in [4.78, 5) is 0. The summed E-state index contributed by atoms with van der Waals surface area (Å²) < 4.78 is 33.3. The van der Waals surface area contributed by atoms with E-state index in [0.717, 1.165) is 0 Å². The molecule has 0 heterocycles. The Bertz CT molecular complexity index is 291. The molecule has 2 nitrogen and oxygen atoms in total. The van der Waals surface area contributed by atoms with Crippen LogP contribution in [0.25, 0.3) is 0 Å². The number of halogens is 3. The summed E-state index contributed by atoms with van der Waals surface area (Å²) in [6.07, 6.45) is 0. The molecule has 0 aliphatic carbocycles. The zero-order valence-corrected chi connectivity index (χ0v) is 8.27. The molecule has 0 aliphatic heterocycles. The number of methoxy groups -OCH3 is 1. The van der Waals surface area contributed by atoms with E-state index < -0.39 is 6.61 Å². The van der Waals surface area contributed by atoms with E-state index >= 15 is 0 Å². The lowest BCUT2D eigenvalue weighted by Gasteiger charge is -2.09. The van der Waals surface area contributed by atoms with Crippen molar-refractivity contribution in [2.75, 3.05) is 7.11 Å². The summed E-state index contributed by atoms with van der Waals surface area (Å²) in [6.45, 7) is -2.86. The number of ether oxygens (including phenoxy) is 2. The number of benzene rings is 1. The van der Waals surface area contributed by atoms with Crippen LogP contribution in [-0.4, -0.2) is 13.7 Å². The smallest absolute Gasteiger partial charge is 0.387 e. The molecule has 0 N–H and O–H groups in total. The fraction of sp³-hybridized carbons (Fsp3) is 0.250. The fourth-order valence-corrected chi connectivity index (χ4v) is 1.10. The van der Waals surface area contributed by atoms with Crippen molar-refractivity contribution in [1.82, 2.24) is 0 Å². The molecular formula is C8H6BrF2O2. The Balaban J connectivity index is 2.94. The van der Waals surface area contributed by atoms with Crippen LogP contribution in [0, 0.1) is 6.07 Å². The zero-order valence-electron chi connectivity index (χ0n) is 6.68. The molecule has 0 spiro atoms. The number of hydrogen-bond donors (Lipinski definition) is 0. The fourth-order valence-electron chi connectivity index (χ4n) is 0.781. The van der Waals surface area contributed by atoms with Gasteiger partial charge < -0.3 is 9.47 Å². The Kier molecular flexibility index (Phi) is 3.48. The summed E-state index contributed by atoms with van der Waals surface area (Å²) in [5.41, 5.74) is 0. The van der Waals surface area contributed by atoms with Gasteiger partial charge in [0, 0.05) is 10.5 Å². The van der Waals surface area contributed by atoms with E-state index in [1.807, 2.05) is 0 Å². The van der Waals surface area contributed by atoms with Gasteiger partial charge in [0.25, 0.3) is 0 Å². The highest BCUT2D eigenvalue weighted by Gasteiger charge is 2.10. The van der Waals surface area contributed by atoms with Gasteiger partial charge in [-0.3, -0.25) is 0 Å². The maximum Gasteiger partial charge on any atom is 0.387 e. The third-order valence-electron chi connectivity index (χ3n) is 1.28. The van der Waals surface area contributed by atoms with Crippen LogP contribution >= 0.6 is 15.9 Å². The van der Waals surface area contributed by atoms with Crippen LogP contribution in [0.1, 0.15) is 0 Å². The van der Waals surface area contributed by atoms with E-state index in [9.17, 15) is 8.78 Å². The van der Waals surface area contributed by atoms with Crippen molar-refractivity contribution in [3.05, 3.63) is 22.7 Å². The SMILES string of the molecule is COc1c[c]c(Br)cc1OC(F)F. The van der Waals surface area contributed by atoms with Crippen molar-refractivity contribution in [2.24, 2.45) is 0 Å². The highest BCUT2D eigenvalue weighted by atomic mass is 79.9. The molecule has 0 atom stereocenters. The third kappa shape index (κ3) is 2.84. The third-order valence-corrected chi connectivity index (χ3v) is 1.74. The molecule has 1 aromatic carbocycles. The van der Waals surface area contributed by atoms with Crippen molar-refractivity contribution in [3.8, 4) is 11.5 Å². The van der Waals surface area contributed by atoms with Gasteiger partial charge in [-0.1, -0.05) is 15.9 Å². The average molecular weight is 252 g/mol. The molecule has 0 aliphatic rings. The van der Waals surface area contributed by atoms with Gasteiger partial charge in [-0.25, -0.2) is 0 Å². The van der Waals surface area contributed by atoms with E-state index in [2.05, 4.69) is 26.7 Å². The molecule has 0 unspecified atom stereocenters. The lowest BCUT2D eigenvalue weighted by Crippen LogP contribution is -2.03. The molecule has 0 bridgehead atoms. The van der Waals surface area contributed by atoms with Crippen LogP contribution < -0.4 is 9.47 Å². The standard InChI is InChI=1S/C8H6BrF2O2/c1-12-6-3-2-5(9)4-7(6)13-8(10)11/h3-4,8H,1H3. The number of hydrogen-bond acceptors (Lipinski definition) is 2. The topological polar surface area (TPSA) is 18.5 Å². The minimum absolute atomic E-state index is 0.0110. The molecule has 1 aromatic rings. The van der Waals surface area contributed by atoms with Gasteiger partial charge in [0.2, 0.25) is 0 Å². The van der Waals surface area contributed by atoms with E-state index in [1.54, 1.807) is 0 Å². The normalized spacial score (nSPS) is 10.2. The Morgan fingerprint density at radius 2 is 2.15 bits per heavy atom. The van der Waals surface area contributed by atoms with Crippen LogP contribution in [-0.2, 0) is 0 Å². The van der Waals surface area contributed by atoms with Gasteiger partial charge in [-0.15, -0.1) is 0 Å². The average Bonchev–Trinajstić information content (AvgIpc) is 2.03. The van der Waals surface area contributed by atoms with E-state index in [4.69, 9.17) is 4.74 Å². The first kappa shape index (κ1) is 10.2. The molecule has 0 amide bonds. The van der Waals surface area contributed by atoms with Crippen LogP contribution in [0.4, 0.5) is 8.78 Å². The summed E-state index contributed by atoms with van der Waals surface area (Å²) >= 11 is 3.08. The van der Waals surface area contributed by atoms with Crippen LogP contribution in [0.3, 0.4) is 0 Å². The second-order valence-corrected chi connectivity index (χ2v) is 2.95. The first-order chi connectivity index (χ1) is 6.13. The predicted octanol–water partition coefficient (Wildman–Crippen LogP) is 2.86. The molecule has 0 fully saturated rings. The molecule has 1 rings (SSSR count). The molecule has 71 valence electrons. The summed E-state index contributed by atoms with van der Waals surface area (Å²) in [5.74, 6) is 0.214. The van der Waals surface area contributed by atoms with Crippen LogP contribution in [0.5, 0.6) is 11.5 Å². The van der Waals surface area contributed by atoms with Crippen molar-refractivity contribution in [3.63, 3.8) is 0 Å². The van der Waals surface area contributed by atoms with Crippen molar-refractivity contribution in [2.45, 2.75) is 6.61 Å². The maximum absolute atomic E-state index is 11.9. The molecule has 1 radical (unpaired) electrons. The van der Waals surface area contributed by atoms with Crippen molar-refractivity contribution < 1.29 is 18.3 Å². The predicted molar refractivity (Wildman–Crippen MR) is 46.2 cm³/mol. The van der Waals surface area contributed by atoms with Crippen LogP contribution in [0.15, 0.2) is 16.6 Å². The van der Waals surface area contributed by atoms with Gasteiger partial charge in [0.15, 0.2) is 11.5 Å². The van der Waals surface area contributed by atoms with E-state index in [1.165, 1.54) is 19.2 Å². The van der Waals surface area contributed by atoms with Gasteiger partial charge in [0.05, 0.1) is 7.11 Å². The zero-order chi connectivity index (χ0) is 9.84. The Morgan fingerprint density at radius 3 is 2.69 bits per heavy atom. The van der Waals surface area contributed by atoms with Crippen molar-refractivity contribution in [1.29, 1.82) is 0 Å². The summed E-state index contributed by atoms with van der Waals surface area (Å²) in [6, 6.07) is 5.52. The Hall–Kier alpha value is -0.840. The molecular weight excluding hydrogens is 246 g/mol. The number of rotatable bonds is 3. The quantitative estimate of drug-likeness (QED) is 0.823. The molecule has 5 heteroatoms. The van der Waals surface area contributed by atoms with Crippen molar-refractivity contribution >= 4 is 15.9 Å². The molecule has 0 saturated heterocycles. The van der Waals surface area contributed by atoms with Gasteiger partial charge in [-0.05, 0) is 12.1 Å². The number of alkyl halides is 2. The monoisotopic (exact) mass is 251 g/mol. The lowest BCUT2D eigenvalue weighted by atomic mass is 10.3. The summed E-state index contributed by atoms with van der Waals surface area (Å²) in [5, 5.41) is 0. The largest absolute Gasteiger partial charge is 0.493 e. The Morgan fingerprint density at radius 1 is 1.46 bits per heavy atom. The second-order valence-electron chi connectivity index (χ2n) is 2.09. The summed E-state index contributed by atoms with van der Waals surface area (Å²) in [7, 11) is 1.37.